The summed E-state index contributed by atoms with van der Waals surface area (Å²) in [6, 6.07) is 1.03. The summed E-state index contributed by atoms with van der Waals surface area (Å²) < 4.78 is 13.9. The molecule has 170 valence electrons. The highest BCUT2D eigenvalue weighted by molar-refractivity contribution is 6.13. The first-order chi connectivity index (χ1) is 15.5. The molecule has 32 heavy (non-hydrogen) atoms. The largest absolute Gasteiger partial charge is 0.352 e. The van der Waals surface area contributed by atoms with Gasteiger partial charge in [0.1, 0.15) is 11.7 Å². The first kappa shape index (κ1) is 22.1. The van der Waals surface area contributed by atoms with Gasteiger partial charge in [0.2, 0.25) is 0 Å². The summed E-state index contributed by atoms with van der Waals surface area (Å²) in [4.78, 5) is 39.1. The van der Waals surface area contributed by atoms with Crippen LogP contribution in [0.2, 0.25) is 0 Å². The maximum Gasteiger partial charge on any atom is 0.254 e. The fourth-order valence-corrected chi connectivity index (χ4v) is 4.52. The molecule has 1 amide bonds. The zero-order valence-corrected chi connectivity index (χ0v) is 18.2. The van der Waals surface area contributed by atoms with Crippen molar-refractivity contribution in [3.63, 3.8) is 0 Å². The number of aromatic amines is 1. The number of amidine groups is 1. The normalized spacial score (nSPS) is 24.9. The van der Waals surface area contributed by atoms with Crippen molar-refractivity contribution >= 4 is 18.0 Å². The lowest BCUT2D eigenvalue weighted by Crippen LogP contribution is -2.34. The lowest BCUT2D eigenvalue weighted by Gasteiger charge is -2.27. The number of nitrogens with two attached hydrogens (primary N) is 1. The number of pyridine rings is 1. The first-order valence-corrected chi connectivity index (χ1v) is 11.1. The number of carbonyl (C=O) groups excluding carboxylic acids is 1. The van der Waals surface area contributed by atoms with Crippen LogP contribution in [-0.2, 0) is 4.79 Å². The number of hydrogen-bond acceptors (Lipinski definition) is 6. The third kappa shape index (κ3) is 4.43. The van der Waals surface area contributed by atoms with Crippen LogP contribution >= 0.6 is 0 Å². The molecular formula is C23H29FN6O2. The number of carbonyl (C=O) groups is 1. The van der Waals surface area contributed by atoms with E-state index in [-0.39, 0.29) is 29.3 Å². The van der Waals surface area contributed by atoms with Crippen LogP contribution in [0.4, 0.5) is 4.39 Å². The Labute approximate surface area is 186 Å². The number of halogens is 1. The molecule has 0 saturated carbocycles. The second-order valence-electron chi connectivity index (χ2n) is 8.44. The molecule has 1 aromatic rings. The molecule has 0 aromatic carbocycles. The van der Waals surface area contributed by atoms with E-state index in [9.17, 15) is 14.0 Å². The van der Waals surface area contributed by atoms with Crippen molar-refractivity contribution in [2.24, 2.45) is 27.6 Å². The van der Waals surface area contributed by atoms with E-state index in [0.717, 1.165) is 19.0 Å². The standard InChI is InChI=1S/C23H29FN6O2/c1-14-5-6-20(30-9-2-4-19(30)16-10-15(24)11-28-22(16)31)29-21-17(14)12-26-13-18(21)23(32)27-8-3-7-25/h5-6,10-11,13-14,17,19H,2-4,7-9,12,25H2,1H3,(H,27,32)(H,28,31). The van der Waals surface area contributed by atoms with Crippen LogP contribution < -0.4 is 16.6 Å². The number of allylic oxidation sites excluding steroid dienone is 1. The number of hydrogen-bond donors (Lipinski definition) is 3. The van der Waals surface area contributed by atoms with E-state index in [1.807, 2.05) is 11.0 Å². The Hall–Kier alpha value is -3.07. The van der Waals surface area contributed by atoms with Crippen molar-refractivity contribution in [1.82, 2.24) is 15.2 Å². The maximum atomic E-state index is 13.9. The minimum atomic E-state index is -0.471. The van der Waals surface area contributed by atoms with Crippen molar-refractivity contribution in [1.29, 1.82) is 0 Å². The Morgan fingerprint density at radius 2 is 2.28 bits per heavy atom. The zero-order valence-electron chi connectivity index (χ0n) is 18.2. The number of nitrogens with one attached hydrogen (secondary N) is 2. The molecule has 3 unspecified atom stereocenters. The molecule has 0 spiro atoms. The van der Waals surface area contributed by atoms with Crippen molar-refractivity contribution in [3.8, 4) is 0 Å². The minimum Gasteiger partial charge on any atom is -0.352 e. The molecule has 3 atom stereocenters. The lowest BCUT2D eigenvalue weighted by molar-refractivity contribution is -0.117. The molecule has 0 bridgehead atoms. The van der Waals surface area contributed by atoms with Gasteiger partial charge in [-0.05, 0) is 43.9 Å². The summed E-state index contributed by atoms with van der Waals surface area (Å²) in [5.74, 6) is 0.125. The molecule has 1 fully saturated rings. The monoisotopic (exact) mass is 440 g/mol. The quantitative estimate of drug-likeness (QED) is 0.604. The minimum absolute atomic E-state index is 0.0114. The summed E-state index contributed by atoms with van der Waals surface area (Å²) >= 11 is 0. The van der Waals surface area contributed by atoms with Crippen LogP contribution in [0.3, 0.4) is 0 Å². The van der Waals surface area contributed by atoms with Gasteiger partial charge >= 0.3 is 0 Å². The Morgan fingerprint density at radius 3 is 3.09 bits per heavy atom. The summed E-state index contributed by atoms with van der Waals surface area (Å²) in [5, 5.41) is 2.90. The first-order valence-electron chi connectivity index (χ1n) is 11.1. The SMILES string of the molecule is CC1C=CC(N2CCCC2c2cc(F)c[nH]c2=O)=NC2=C(C(=O)NCCCN)C=NCC21. The molecular weight excluding hydrogens is 411 g/mol. The molecule has 1 saturated heterocycles. The number of likely N-dealkylation sites (tertiary alicyclic amines) is 1. The van der Waals surface area contributed by atoms with Gasteiger partial charge in [0.25, 0.3) is 11.5 Å². The molecule has 3 aliphatic rings. The third-order valence-corrected chi connectivity index (χ3v) is 6.28. The number of rotatable bonds is 5. The highest BCUT2D eigenvalue weighted by Gasteiger charge is 2.34. The highest BCUT2D eigenvalue weighted by Crippen LogP contribution is 2.35. The van der Waals surface area contributed by atoms with Crippen molar-refractivity contribution in [2.75, 3.05) is 26.2 Å². The van der Waals surface area contributed by atoms with Gasteiger partial charge in [0.05, 0.1) is 17.3 Å². The van der Waals surface area contributed by atoms with E-state index in [1.165, 1.54) is 6.07 Å². The highest BCUT2D eigenvalue weighted by atomic mass is 19.1. The Morgan fingerprint density at radius 1 is 1.44 bits per heavy atom. The molecule has 1 aromatic heterocycles. The molecule has 9 heteroatoms. The van der Waals surface area contributed by atoms with Crippen molar-refractivity contribution < 1.29 is 9.18 Å². The number of aliphatic imine (C=N–C) groups is 2. The average Bonchev–Trinajstić information content (AvgIpc) is 3.20. The van der Waals surface area contributed by atoms with Crippen LogP contribution in [0, 0.1) is 17.7 Å². The lowest BCUT2D eigenvalue weighted by atomic mass is 9.87. The summed E-state index contributed by atoms with van der Waals surface area (Å²) in [5.41, 5.74) is 6.80. The van der Waals surface area contributed by atoms with Crippen LogP contribution in [0.15, 0.2) is 50.5 Å². The predicted octanol–water partition coefficient (Wildman–Crippen LogP) is 1.68. The molecule has 0 aliphatic carbocycles. The van der Waals surface area contributed by atoms with E-state index < -0.39 is 5.82 Å². The van der Waals surface area contributed by atoms with Gasteiger partial charge in [-0.25, -0.2) is 9.38 Å². The van der Waals surface area contributed by atoms with E-state index in [4.69, 9.17) is 10.7 Å². The third-order valence-electron chi connectivity index (χ3n) is 6.28. The average molecular weight is 441 g/mol. The molecule has 4 N–H and O–H groups in total. The van der Waals surface area contributed by atoms with E-state index in [0.29, 0.717) is 55.3 Å². The molecule has 0 radical (unpaired) electrons. The molecule has 4 rings (SSSR count). The van der Waals surface area contributed by atoms with Crippen LogP contribution in [0.5, 0.6) is 0 Å². The maximum absolute atomic E-state index is 13.9. The number of amides is 1. The van der Waals surface area contributed by atoms with E-state index >= 15 is 0 Å². The number of H-pyrrole nitrogens is 1. The number of fused-ring (bicyclic) bond motifs is 1. The van der Waals surface area contributed by atoms with E-state index in [2.05, 4.69) is 28.3 Å². The summed E-state index contributed by atoms with van der Waals surface area (Å²) in [7, 11) is 0. The second-order valence-corrected chi connectivity index (χ2v) is 8.44. The van der Waals surface area contributed by atoms with Gasteiger partial charge in [-0.3, -0.25) is 14.6 Å². The van der Waals surface area contributed by atoms with Crippen molar-refractivity contribution in [3.05, 3.63) is 57.4 Å². The molecule has 8 nitrogen and oxygen atoms in total. The van der Waals surface area contributed by atoms with Gasteiger partial charge in [-0.2, -0.15) is 0 Å². The predicted molar refractivity (Wildman–Crippen MR) is 122 cm³/mol. The Balaban J connectivity index is 1.72. The number of aromatic nitrogens is 1. The molecule has 3 aliphatic heterocycles. The fourth-order valence-electron chi connectivity index (χ4n) is 4.52. The summed E-state index contributed by atoms with van der Waals surface area (Å²) in [6.45, 7) is 4.34. The summed E-state index contributed by atoms with van der Waals surface area (Å²) in [6.07, 6.45) is 8.98. The molecule has 4 heterocycles. The van der Waals surface area contributed by atoms with E-state index in [1.54, 1.807) is 6.21 Å². The zero-order chi connectivity index (χ0) is 22.7. The Kier molecular flexibility index (Phi) is 6.64. The number of dihydropyridines is 1. The van der Waals surface area contributed by atoms with Crippen molar-refractivity contribution in [2.45, 2.75) is 32.2 Å². The fraction of sp³-hybridized carbons (Fsp3) is 0.478. The Bertz CT molecular complexity index is 1060. The van der Waals surface area contributed by atoms with Crippen LogP contribution in [-0.4, -0.2) is 54.0 Å². The van der Waals surface area contributed by atoms with Gasteiger partial charge in [0.15, 0.2) is 0 Å². The van der Waals surface area contributed by atoms with Gasteiger partial charge in [-0.15, -0.1) is 0 Å². The topological polar surface area (TPSA) is 116 Å². The van der Waals surface area contributed by atoms with Gasteiger partial charge in [-0.1, -0.05) is 13.0 Å². The van der Waals surface area contributed by atoms with Gasteiger partial charge < -0.3 is 20.9 Å². The van der Waals surface area contributed by atoms with Crippen LogP contribution in [0.25, 0.3) is 0 Å². The van der Waals surface area contributed by atoms with Crippen LogP contribution in [0.1, 0.15) is 37.8 Å². The second kappa shape index (κ2) is 9.60. The van der Waals surface area contributed by atoms with Gasteiger partial charge in [0, 0.05) is 43.5 Å². The number of nitrogens with zero attached hydrogens (tertiary/aromatic N) is 3. The smallest absolute Gasteiger partial charge is 0.254 e.